The lowest BCUT2D eigenvalue weighted by molar-refractivity contribution is -0.786. The van der Waals surface area contributed by atoms with Gasteiger partial charge >= 0.3 is 0 Å². The minimum Gasteiger partial charge on any atom is -0.508 e. The summed E-state index contributed by atoms with van der Waals surface area (Å²) in [5.74, 6) is 0. The molecule has 2 heteroatoms. The van der Waals surface area contributed by atoms with E-state index in [1.165, 1.54) is 71.0 Å². The normalized spacial score (nSPS) is 16.0. The Balaban J connectivity index is 1.56. The van der Waals surface area contributed by atoms with Crippen LogP contribution in [0, 0.1) is 6.92 Å². The van der Waals surface area contributed by atoms with Crippen LogP contribution < -0.4 is 10.9 Å². The summed E-state index contributed by atoms with van der Waals surface area (Å²) in [6, 6.07) is 57.3. The van der Waals surface area contributed by atoms with Gasteiger partial charge in [0.15, 0.2) is 0 Å². The third-order valence-electron chi connectivity index (χ3n) is 10.7. The molecule has 8 rings (SSSR count). The van der Waals surface area contributed by atoms with Crippen LogP contribution in [0.1, 0.15) is 23.1 Å². The third-order valence-corrected chi connectivity index (χ3v) is 10.7. The summed E-state index contributed by atoms with van der Waals surface area (Å²) in [7, 11) is 4.94. The van der Waals surface area contributed by atoms with Crippen LogP contribution in [0.4, 0.5) is 0 Å². The Morgan fingerprint density at radius 1 is 0.467 bits per heavy atom. The van der Waals surface area contributed by atoms with E-state index < -0.39 is 6.28 Å². The maximum absolute atomic E-state index is 2.49. The highest BCUT2D eigenvalue weighted by Crippen LogP contribution is 2.44. The van der Waals surface area contributed by atoms with Gasteiger partial charge in [0, 0.05) is 27.1 Å². The first-order valence-electron chi connectivity index (χ1n) is 16.2. The number of benzene rings is 7. The molecule has 218 valence electrons. The third kappa shape index (κ3) is 4.44. The van der Waals surface area contributed by atoms with Crippen molar-refractivity contribution < 1.29 is 4.39 Å². The van der Waals surface area contributed by atoms with E-state index >= 15 is 0 Å². The highest BCUT2D eigenvalue weighted by atomic mass is 15.3. The monoisotopic (exact) mass is 579 g/mol. The molecule has 0 atom stereocenters. The van der Waals surface area contributed by atoms with Crippen LogP contribution in [0.25, 0.3) is 43.4 Å². The number of nitrogens with zero attached hydrogens (tertiary/aromatic N) is 1. The van der Waals surface area contributed by atoms with Crippen molar-refractivity contribution in [1.82, 2.24) is 0 Å². The summed E-state index contributed by atoms with van der Waals surface area (Å²) < 4.78 is 0.869. The van der Waals surface area contributed by atoms with Crippen molar-refractivity contribution in [2.75, 3.05) is 20.6 Å². The van der Waals surface area contributed by atoms with Crippen molar-refractivity contribution in [2.45, 2.75) is 13.3 Å². The SMILES string of the molecule is Cc1ccc(C2=C(c3ccc4ccccc4c3)[B-](c3ccc4ccccc4c3)(c3ccc4ccccc4c3)[N+](C)(C)CC2)cc1. The minimum atomic E-state index is -1.52. The van der Waals surface area contributed by atoms with Crippen LogP contribution in [-0.4, -0.2) is 31.3 Å². The predicted octanol–water partition coefficient (Wildman–Crippen LogP) is 9.14. The molecule has 1 aliphatic heterocycles. The van der Waals surface area contributed by atoms with Gasteiger partial charge in [0.25, 0.3) is 6.28 Å². The molecule has 0 spiro atoms. The molecule has 0 aromatic heterocycles. The van der Waals surface area contributed by atoms with E-state index in [1.807, 2.05) is 0 Å². The van der Waals surface area contributed by atoms with Gasteiger partial charge in [-0.15, -0.1) is 16.4 Å². The molecule has 45 heavy (non-hydrogen) atoms. The van der Waals surface area contributed by atoms with E-state index in [1.54, 1.807) is 0 Å². The number of quaternary nitrogens is 1. The van der Waals surface area contributed by atoms with Crippen molar-refractivity contribution in [3.05, 3.63) is 168 Å². The van der Waals surface area contributed by atoms with Crippen LogP contribution in [0.2, 0.25) is 0 Å². The fraction of sp³-hybridized carbons (Fsp3) is 0.116. The van der Waals surface area contributed by atoms with Gasteiger partial charge in [0.2, 0.25) is 0 Å². The second-order valence-corrected chi connectivity index (χ2v) is 13.6. The van der Waals surface area contributed by atoms with E-state index in [0.29, 0.717) is 0 Å². The van der Waals surface area contributed by atoms with Crippen molar-refractivity contribution >= 4 is 60.6 Å². The first-order chi connectivity index (χ1) is 21.9. The fourth-order valence-corrected chi connectivity index (χ4v) is 8.42. The Morgan fingerprint density at radius 3 is 1.44 bits per heavy atom. The molecule has 0 amide bonds. The molecule has 0 unspecified atom stereocenters. The van der Waals surface area contributed by atoms with Gasteiger partial charge in [-0.3, -0.25) is 0 Å². The Morgan fingerprint density at radius 2 is 0.911 bits per heavy atom. The second-order valence-electron chi connectivity index (χ2n) is 13.6. The Kier molecular flexibility index (Phi) is 6.51. The topological polar surface area (TPSA) is 0 Å². The molecule has 0 radical (unpaired) electrons. The summed E-state index contributed by atoms with van der Waals surface area (Å²) in [4.78, 5) is 0. The van der Waals surface area contributed by atoms with Crippen molar-refractivity contribution in [3.8, 4) is 0 Å². The Hall–Kier alpha value is -4.92. The average Bonchev–Trinajstić information content (AvgIpc) is 3.08. The summed E-state index contributed by atoms with van der Waals surface area (Å²) in [5.41, 5.74) is 9.64. The molecule has 1 nitrogen and oxygen atoms in total. The van der Waals surface area contributed by atoms with Crippen LogP contribution in [0.5, 0.6) is 0 Å². The van der Waals surface area contributed by atoms with Crippen LogP contribution >= 0.6 is 0 Å². The van der Waals surface area contributed by atoms with Gasteiger partial charge in [0.05, 0.1) is 0 Å². The van der Waals surface area contributed by atoms with Gasteiger partial charge in [-0.1, -0.05) is 162 Å². The zero-order chi connectivity index (χ0) is 30.6. The highest BCUT2D eigenvalue weighted by Gasteiger charge is 2.51. The van der Waals surface area contributed by atoms with Gasteiger partial charge in [-0.25, -0.2) is 0 Å². The quantitative estimate of drug-likeness (QED) is 0.183. The van der Waals surface area contributed by atoms with Gasteiger partial charge in [0.1, 0.15) is 0 Å². The fourth-order valence-electron chi connectivity index (χ4n) is 8.42. The number of fused-ring (bicyclic) bond motifs is 3. The van der Waals surface area contributed by atoms with Crippen LogP contribution in [0.3, 0.4) is 0 Å². The lowest BCUT2D eigenvalue weighted by atomic mass is 9.19. The number of aryl methyl sites for hydroxylation is 1. The molecule has 0 bridgehead atoms. The molecular formula is C43H38BN. The number of hydrogen-bond acceptors (Lipinski definition) is 0. The smallest absolute Gasteiger partial charge is 0.291 e. The van der Waals surface area contributed by atoms with Crippen molar-refractivity contribution in [2.24, 2.45) is 0 Å². The molecule has 7 aromatic carbocycles. The first kappa shape index (κ1) is 27.6. The maximum Gasteiger partial charge on any atom is 0.291 e. The largest absolute Gasteiger partial charge is 0.508 e. The van der Waals surface area contributed by atoms with Crippen molar-refractivity contribution in [1.29, 1.82) is 0 Å². The predicted molar refractivity (Wildman–Crippen MR) is 196 cm³/mol. The Bertz CT molecular complexity index is 2180. The van der Waals surface area contributed by atoms with E-state index in [0.717, 1.165) is 17.4 Å². The van der Waals surface area contributed by atoms with Gasteiger partial charge in [-0.2, -0.15) is 0 Å². The average molecular weight is 580 g/mol. The molecule has 1 heterocycles. The molecular weight excluding hydrogens is 541 g/mol. The van der Waals surface area contributed by atoms with Crippen molar-refractivity contribution in [3.63, 3.8) is 0 Å². The van der Waals surface area contributed by atoms with Crippen LogP contribution in [-0.2, 0) is 0 Å². The zero-order valence-electron chi connectivity index (χ0n) is 26.4. The molecule has 0 aliphatic carbocycles. The van der Waals surface area contributed by atoms with E-state index in [2.05, 4.69) is 173 Å². The standard InChI is InChI=1S/C43H38BN/c1-31-16-18-35(19-17-31)42-26-27-45(2,3)44(40-24-22-33-11-5-8-14-37(33)29-40,41-25-23-34-12-6-9-15-38(34)30-41)43(42)39-21-20-32-10-4-7-13-36(32)28-39/h4-25,28-30H,26-27H2,1-3H3. The minimum absolute atomic E-state index is 0.869. The van der Waals surface area contributed by atoms with Crippen LogP contribution in [0.15, 0.2) is 152 Å². The molecule has 7 aromatic rings. The Labute approximate surface area is 266 Å². The summed E-state index contributed by atoms with van der Waals surface area (Å²) >= 11 is 0. The second kappa shape index (κ2) is 10.6. The molecule has 0 saturated heterocycles. The summed E-state index contributed by atoms with van der Waals surface area (Å²) in [5, 5.41) is 7.69. The summed E-state index contributed by atoms with van der Waals surface area (Å²) in [6.45, 7) is 3.22. The highest BCUT2D eigenvalue weighted by molar-refractivity contribution is 7.11. The maximum atomic E-state index is 2.49. The van der Waals surface area contributed by atoms with E-state index in [9.17, 15) is 0 Å². The molecule has 1 aliphatic rings. The first-order valence-corrected chi connectivity index (χ1v) is 16.2. The lowest BCUT2D eigenvalue weighted by Gasteiger charge is -2.61. The number of hydrogen-bond donors (Lipinski definition) is 0. The zero-order valence-corrected chi connectivity index (χ0v) is 26.4. The van der Waals surface area contributed by atoms with Gasteiger partial charge < -0.3 is 4.39 Å². The molecule has 0 N–H and O–H groups in total. The van der Waals surface area contributed by atoms with E-state index in [4.69, 9.17) is 0 Å². The summed E-state index contributed by atoms with van der Waals surface area (Å²) in [6.07, 6.45) is -0.504. The molecule has 0 saturated carbocycles. The van der Waals surface area contributed by atoms with Gasteiger partial charge in [-0.05, 0) is 50.9 Å². The molecule has 0 fully saturated rings. The lowest BCUT2D eigenvalue weighted by Crippen LogP contribution is -2.79. The number of rotatable bonds is 4. The van der Waals surface area contributed by atoms with E-state index in [-0.39, 0.29) is 0 Å².